The molecular weight excluding hydrogens is 472 g/mol. The Labute approximate surface area is 188 Å². The molecule has 0 bridgehead atoms. The van der Waals surface area contributed by atoms with Gasteiger partial charge in [0.2, 0.25) is 5.91 Å². The van der Waals surface area contributed by atoms with Crippen LogP contribution in [0.2, 0.25) is 5.02 Å². The predicted octanol–water partition coefficient (Wildman–Crippen LogP) is 4.56. The molecule has 1 heterocycles. The molecule has 1 atom stereocenters. The molecule has 0 saturated carbocycles. The Kier molecular flexibility index (Phi) is 6.83. The molecule has 2 aromatic carbocycles. The minimum Gasteiger partial charge on any atom is -0.455 e. The third-order valence-electron chi connectivity index (χ3n) is 5.07. The summed E-state index contributed by atoms with van der Waals surface area (Å²) < 4.78 is 5.90. The number of benzene rings is 2. The van der Waals surface area contributed by atoms with E-state index in [1.165, 1.54) is 0 Å². The fourth-order valence-electron chi connectivity index (χ4n) is 3.34. The molecule has 1 fully saturated rings. The number of anilines is 2. The summed E-state index contributed by atoms with van der Waals surface area (Å²) in [6.45, 7) is 5.47. The first-order valence-electron chi connectivity index (χ1n) is 9.46. The maximum absolute atomic E-state index is 12.5. The third-order valence-corrected chi connectivity index (χ3v) is 6.45. The van der Waals surface area contributed by atoms with Crippen molar-refractivity contribution >= 4 is 56.7 Å². The lowest BCUT2D eigenvalue weighted by Crippen LogP contribution is -2.28. The van der Waals surface area contributed by atoms with Crippen LogP contribution in [0.4, 0.5) is 11.4 Å². The van der Waals surface area contributed by atoms with E-state index in [-0.39, 0.29) is 18.9 Å². The van der Waals surface area contributed by atoms with E-state index in [9.17, 15) is 14.4 Å². The Bertz CT molecular complexity index is 1020. The molecule has 3 rings (SSSR count). The smallest absolute Gasteiger partial charge is 0.311 e. The zero-order valence-corrected chi connectivity index (χ0v) is 19.3. The summed E-state index contributed by atoms with van der Waals surface area (Å²) in [4.78, 5) is 38.7. The summed E-state index contributed by atoms with van der Waals surface area (Å²) in [7, 11) is 0. The fraction of sp³-hybridized carbons (Fsp3) is 0.318. The maximum Gasteiger partial charge on any atom is 0.311 e. The Hall–Kier alpha value is -2.38. The quantitative estimate of drug-likeness (QED) is 0.620. The van der Waals surface area contributed by atoms with Gasteiger partial charge in [0.1, 0.15) is 0 Å². The van der Waals surface area contributed by atoms with Gasteiger partial charge in [0.15, 0.2) is 6.61 Å². The molecular formula is C22H22BrClN2O4. The molecule has 6 nitrogen and oxygen atoms in total. The van der Waals surface area contributed by atoms with E-state index in [1.54, 1.807) is 24.0 Å². The van der Waals surface area contributed by atoms with Gasteiger partial charge in [-0.3, -0.25) is 14.4 Å². The van der Waals surface area contributed by atoms with E-state index in [0.717, 1.165) is 21.3 Å². The second-order valence-corrected chi connectivity index (χ2v) is 8.62. The van der Waals surface area contributed by atoms with E-state index >= 15 is 0 Å². The number of ether oxygens (including phenoxy) is 1. The van der Waals surface area contributed by atoms with Crippen LogP contribution in [0.3, 0.4) is 0 Å². The number of carbonyl (C=O) groups is 3. The van der Waals surface area contributed by atoms with E-state index in [2.05, 4.69) is 21.2 Å². The average Bonchev–Trinajstić information content (AvgIpc) is 3.10. The van der Waals surface area contributed by atoms with Crippen molar-refractivity contribution in [1.29, 1.82) is 0 Å². The maximum atomic E-state index is 12.5. The normalized spacial score (nSPS) is 16.0. The number of nitrogens with one attached hydrogen (secondary N) is 1. The fourth-order valence-corrected chi connectivity index (χ4v) is 3.93. The first-order chi connectivity index (χ1) is 14.2. The summed E-state index contributed by atoms with van der Waals surface area (Å²) in [5.74, 6) is -1.76. The van der Waals surface area contributed by atoms with Gasteiger partial charge in [-0.05, 0) is 71.6 Å². The van der Waals surface area contributed by atoms with E-state index in [4.69, 9.17) is 16.3 Å². The number of amides is 2. The molecule has 1 N–H and O–H groups in total. The van der Waals surface area contributed by atoms with Gasteiger partial charge in [-0.15, -0.1) is 0 Å². The van der Waals surface area contributed by atoms with Crippen LogP contribution in [-0.4, -0.2) is 30.9 Å². The molecule has 0 radical (unpaired) electrons. The number of nitrogens with zero attached hydrogens (tertiary/aromatic N) is 1. The van der Waals surface area contributed by atoms with Crippen molar-refractivity contribution in [1.82, 2.24) is 0 Å². The highest BCUT2D eigenvalue weighted by Gasteiger charge is 2.37. The van der Waals surface area contributed by atoms with Gasteiger partial charge in [0.05, 0.1) is 10.9 Å². The third kappa shape index (κ3) is 4.84. The van der Waals surface area contributed by atoms with Gasteiger partial charge in [-0.2, -0.15) is 0 Å². The van der Waals surface area contributed by atoms with Crippen LogP contribution in [0, 0.1) is 26.7 Å². The summed E-state index contributed by atoms with van der Waals surface area (Å²) >= 11 is 9.48. The van der Waals surface area contributed by atoms with Crippen LogP contribution in [0.5, 0.6) is 0 Å². The highest BCUT2D eigenvalue weighted by atomic mass is 79.9. The van der Waals surface area contributed by atoms with Crippen molar-refractivity contribution in [3.8, 4) is 0 Å². The van der Waals surface area contributed by atoms with E-state index in [0.29, 0.717) is 16.3 Å². The second-order valence-electron chi connectivity index (χ2n) is 7.39. The largest absolute Gasteiger partial charge is 0.455 e. The Balaban J connectivity index is 1.58. The molecule has 8 heteroatoms. The summed E-state index contributed by atoms with van der Waals surface area (Å²) in [5.41, 5.74) is 4.05. The standard InChI is InChI=1S/C22H22BrClN2O4/c1-12-4-5-13(2)18(8-12)26-10-15(9-20(26)28)22(29)30-11-19(27)25-17-7-6-16(23)21(24)14(17)3/h4-8,15H,9-11H2,1-3H3,(H,25,27)/t15-/m0/s1. The number of carbonyl (C=O) groups excluding carboxylic acids is 3. The number of halogens is 2. The minimum absolute atomic E-state index is 0.0647. The zero-order valence-electron chi connectivity index (χ0n) is 16.9. The summed E-state index contributed by atoms with van der Waals surface area (Å²) in [6.07, 6.45) is 0.0647. The van der Waals surface area contributed by atoms with Crippen LogP contribution < -0.4 is 10.2 Å². The van der Waals surface area contributed by atoms with Gasteiger partial charge in [0, 0.05) is 28.8 Å². The molecule has 1 saturated heterocycles. The van der Waals surface area contributed by atoms with Crippen molar-refractivity contribution < 1.29 is 19.1 Å². The lowest BCUT2D eigenvalue weighted by Gasteiger charge is -2.19. The van der Waals surface area contributed by atoms with Crippen molar-refractivity contribution in [2.75, 3.05) is 23.4 Å². The molecule has 30 heavy (non-hydrogen) atoms. The number of rotatable bonds is 5. The Morgan fingerprint density at radius 2 is 1.97 bits per heavy atom. The van der Waals surface area contributed by atoms with Crippen LogP contribution in [0.25, 0.3) is 0 Å². The van der Waals surface area contributed by atoms with Crippen molar-refractivity contribution in [3.05, 3.63) is 56.5 Å². The van der Waals surface area contributed by atoms with E-state index < -0.39 is 24.4 Å². The number of esters is 1. The molecule has 0 unspecified atom stereocenters. The highest BCUT2D eigenvalue weighted by molar-refractivity contribution is 9.10. The topological polar surface area (TPSA) is 75.7 Å². The zero-order chi connectivity index (χ0) is 22.0. The minimum atomic E-state index is -0.603. The summed E-state index contributed by atoms with van der Waals surface area (Å²) in [5, 5.41) is 3.18. The molecule has 0 spiro atoms. The SMILES string of the molecule is Cc1ccc(C)c(N2C[C@@H](C(=O)OCC(=O)Nc3ccc(Br)c(Cl)c3C)CC2=O)c1. The van der Waals surface area contributed by atoms with Gasteiger partial charge >= 0.3 is 5.97 Å². The van der Waals surface area contributed by atoms with Crippen molar-refractivity contribution in [2.45, 2.75) is 27.2 Å². The average molecular weight is 494 g/mol. The highest BCUT2D eigenvalue weighted by Crippen LogP contribution is 2.31. The monoisotopic (exact) mass is 492 g/mol. The number of hydrogen-bond donors (Lipinski definition) is 1. The molecule has 158 valence electrons. The van der Waals surface area contributed by atoms with Gasteiger partial charge in [-0.25, -0.2) is 0 Å². The number of hydrogen-bond acceptors (Lipinski definition) is 4. The molecule has 1 aliphatic rings. The Morgan fingerprint density at radius 1 is 1.23 bits per heavy atom. The van der Waals surface area contributed by atoms with Crippen molar-refractivity contribution in [3.63, 3.8) is 0 Å². The lowest BCUT2D eigenvalue weighted by molar-refractivity contribution is -0.151. The molecule has 2 amide bonds. The van der Waals surface area contributed by atoms with Crippen LogP contribution in [0.15, 0.2) is 34.8 Å². The van der Waals surface area contributed by atoms with Gasteiger partial charge in [-0.1, -0.05) is 23.7 Å². The van der Waals surface area contributed by atoms with Crippen LogP contribution in [0.1, 0.15) is 23.1 Å². The molecule has 1 aliphatic heterocycles. The first-order valence-corrected chi connectivity index (χ1v) is 10.6. The predicted molar refractivity (Wildman–Crippen MR) is 120 cm³/mol. The molecule has 0 aliphatic carbocycles. The molecule has 0 aromatic heterocycles. The second kappa shape index (κ2) is 9.18. The van der Waals surface area contributed by atoms with Gasteiger partial charge < -0.3 is 15.0 Å². The first kappa shape index (κ1) is 22.3. The van der Waals surface area contributed by atoms with Crippen molar-refractivity contribution in [2.24, 2.45) is 5.92 Å². The van der Waals surface area contributed by atoms with Crippen LogP contribution in [-0.2, 0) is 19.1 Å². The molecule has 2 aromatic rings. The summed E-state index contributed by atoms with van der Waals surface area (Å²) in [6, 6.07) is 9.29. The lowest BCUT2D eigenvalue weighted by atomic mass is 10.1. The number of aryl methyl sites for hydroxylation is 2. The van der Waals surface area contributed by atoms with Crippen LogP contribution >= 0.6 is 27.5 Å². The Morgan fingerprint density at radius 3 is 2.70 bits per heavy atom. The van der Waals surface area contributed by atoms with Gasteiger partial charge in [0.25, 0.3) is 5.91 Å². The van der Waals surface area contributed by atoms with E-state index in [1.807, 2.05) is 32.0 Å².